The lowest BCUT2D eigenvalue weighted by Crippen LogP contribution is -2.25. The Morgan fingerprint density at radius 2 is 1.82 bits per heavy atom. The molecule has 0 spiro atoms. The van der Waals surface area contributed by atoms with Gasteiger partial charge in [-0.15, -0.1) is 0 Å². The molecule has 0 unspecified atom stereocenters. The molecule has 0 radical (unpaired) electrons. The molecule has 8 nitrogen and oxygen atoms in total. The standard InChI is InChI=1S/C30H28FN7O/c1-37-18-21(15-33-37)19-4-5-27-25(12-19)30(36-35-27)28-14-24-26(16-32-17-29(24)34-28)20-10-22(31)13-23(11-20)39-9-8-38-6-2-3-7-38/h4-5,10-18,34H,2-3,6-9H2,1H3,(H,35,36). The van der Waals surface area contributed by atoms with Crippen molar-refractivity contribution in [2.45, 2.75) is 12.8 Å². The van der Waals surface area contributed by atoms with Crippen LogP contribution in [-0.2, 0) is 7.05 Å². The minimum absolute atomic E-state index is 0.335. The zero-order valence-electron chi connectivity index (χ0n) is 21.6. The highest BCUT2D eigenvalue weighted by molar-refractivity contribution is 6.01. The number of nitrogens with zero attached hydrogens (tertiary/aromatic N) is 5. The normalized spacial score (nSPS) is 14.1. The number of aromatic amines is 2. The Labute approximate surface area is 224 Å². The fourth-order valence-corrected chi connectivity index (χ4v) is 5.48. The van der Waals surface area contributed by atoms with Crippen LogP contribution in [0.2, 0.25) is 0 Å². The van der Waals surface area contributed by atoms with Crippen molar-refractivity contribution >= 4 is 21.8 Å². The van der Waals surface area contributed by atoms with Crippen molar-refractivity contribution < 1.29 is 9.13 Å². The first-order valence-electron chi connectivity index (χ1n) is 13.2. The molecule has 1 aliphatic rings. The van der Waals surface area contributed by atoms with Gasteiger partial charge in [-0.05, 0) is 67.4 Å². The second-order valence-electron chi connectivity index (χ2n) is 10.1. The lowest BCUT2D eigenvalue weighted by atomic mass is 10.0. The number of benzene rings is 2. The Morgan fingerprint density at radius 1 is 0.923 bits per heavy atom. The van der Waals surface area contributed by atoms with Crippen LogP contribution in [0.3, 0.4) is 0 Å². The predicted molar refractivity (Wildman–Crippen MR) is 150 cm³/mol. The van der Waals surface area contributed by atoms with E-state index in [0.29, 0.717) is 12.4 Å². The number of hydrogen-bond donors (Lipinski definition) is 2. The van der Waals surface area contributed by atoms with Crippen LogP contribution in [-0.4, -0.2) is 61.1 Å². The predicted octanol–water partition coefficient (Wildman–Crippen LogP) is 5.79. The lowest BCUT2D eigenvalue weighted by Gasteiger charge is -2.15. The van der Waals surface area contributed by atoms with Crippen LogP contribution in [0.4, 0.5) is 4.39 Å². The summed E-state index contributed by atoms with van der Waals surface area (Å²) in [7, 11) is 1.91. The van der Waals surface area contributed by atoms with Crippen molar-refractivity contribution in [3.05, 3.63) is 73.1 Å². The number of rotatable bonds is 7. The minimum atomic E-state index is -0.335. The maximum atomic E-state index is 14.7. The lowest BCUT2D eigenvalue weighted by molar-refractivity contribution is 0.237. The summed E-state index contributed by atoms with van der Waals surface area (Å²) >= 11 is 0. The molecular formula is C30H28FN7O. The van der Waals surface area contributed by atoms with E-state index >= 15 is 0 Å². The number of halogens is 1. The number of pyridine rings is 1. The van der Waals surface area contributed by atoms with Gasteiger partial charge in [-0.25, -0.2) is 4.39 Å². The SMILES string of the molecule is Cn1cc(-c2ccc3[nH]nc(-c4cc5c(-c6cc(F)cc(OCCN7CCCC7)c6)cncc5[nH]4)c3c2)cn1. The van der Waals surface area contributed by atoms with Gasteiger partial charge in [-0.1, -0.05) is 6.07 Å². The van der Waals surface area contributed by atoms with Crippen LogP contribution in [0.1, 0.15) is 12.8 Å². The Balaban J connectivity index is 1.23. The first-order valence-corrected chi connectivity index (χ1v) is 13.2. The summed E-state index contributed by atoms with van der Waals surface area (Å²) in [5.41, 5.74) is 7.11. The molecule has 0 saturated carbocycles. The van der Waals surface area contributed by atoms with E-state index < -0.39 is 0 Å². The first kappa shape index (κ1) is 23.6. The van der Waals surface area contributed by atoms with Crippen molar-refractivity contribution in [3.63, 3.8) is 0 Å². The summed E-state index contributed by atoms with van der Waals surface area (Å²) in [5, 5.41) is 14.0. The second kappa shape index (κ2) is 9.67. The summed E-state index contributed by atoms with van der Waals surface area (Å²) in [6.45, 7) is 3.60. The Kier molecular flexibility index (Phi) is 5.85. The zero-order chi connectivity index (χ0) is 26.3. The van der Waals surface area contributed by atoms with Crippen LogP contribution >= 0.6 is 0 Å². The number of H-pyrrole nitrogens is 2. The van der Waals surface area contributed by atoms with E-state index in [1.54, 1.807) is 17.1 Å². The molecule has 5 heterocycles. The van der Waals surface area contributed by atoms with Gasteiger partial charge >= 0.3 is 0 Å². The van der Waals surface area contributed by atoms with Gasteiger partial charge in [0.1, 0.15) is 23.9 Å². The van der Waals surface area contributed by atoms with Gasteiger partial charge in [0.05, 0.1) is 29.1 Å². The van der Waals surface area contributed by atoms with Crippen LogP contribution in [0.5, 0.6) is 5.75 Å². The van der Waals surface area contributed by atoms with Crippen LogP contribution in [0, 0.1) is 5.82 Å². The quantitative estimate of drug-likeness (QED) is 0.278. The number of aryl methyl sites for hydroxylation is 1. The molecule has 196 valence electrons. The van der Waals surface area contributed by atoms with E-state index in [1.807, 2.05) is 31.6 Å². The largest absolute Gasteiger partial charge is 0.492 e. The van der Waals surface area contributed by atoms with Gasteiger partial charge in [0.2, 0.25) is 0 Å². The molecule has 0 amide bonds. The molecule has 0 atom stereocenters. The van der Waals surface area contributed by atoms with E-state index in [-0.39, 0.29) is 5.82 Å². The average molecular weight is 522 g/mol. The van der Waals surface area contributed by atoms with Crippen molar-refractivity contribution in [1.29, 1.82) is 0 Å². The van der Waals surface area contributed by atoms with E-state index in [1.165, 1.54) is 25.0 Å². The maximum Gasteiger partial charge on any atom is 0.127 e. The number of hydrogen-bond acceptors (Lipinski definition) is 5. The summed E-state index contributed by atoms with van der Waals surface area (Å²) in [5.74, 6) is 0.191. The van der Waals surface area contributed by atoms with Crippen LogP contribution < -0.4 is 4.74 Å². The number of nitrogens with one attached hydrogen (secondary N) is 2. The molecule has 7 rings (SSSR count). The van der Waals surface area contributed by atoms with Gasteiger partial charge in [0, 0.05) is 54.0 Å². The summed E-state index contributed by atoms with van der Waals surface area (Å²) in [6.07, 6.45) is 9.87. The van der Waals surface area contributed by atoms with Gasteiger partial charge in [0.15, 0.2) is 0 Å². The molecule has 39 heavy (non-hydrogen) atoms. The monoisotopic (exact) mass is 521 g/mol. The molecule has 6 aromatic rings. The molecule has 4 aromatic heterocycles. The molecule has 1 fully saturated rings. The van der Waals surface area contributed by atoms with Crippen molar-refractivity contribution in [1.82, 2.24) is 34.8 Å². The van der Waals surface area contributed by atoms with E-state index in [2.05, 4.69) is 48.4 Å². The smallest absolute Gasteiger partial charge is 0.127 e. The summed E-state index contributed by atoms with van der Waals surface area (Å²) in [4.78, 5) is 10.3. The van der Waals surface area contributed by atoms with E-state index in [9.17, 15) is 4.39 Å². The Bertz CT molecular complexity index is 1790. The van der Waals surface area contributed by atoms with Gasteiger partial charge in [-0.2, -0.15) is 10.2 Å². The second-order valence-corrected chi connectivity index (χ2v) is 10.1. The highest BCUT2D eigenvalue weighted by Crippen LogP contribution is 2.36. The summed E-state index contributed by atoms with van der Waals surface area (Å²) < 4.78 is 22.4. The molecule has 2 N–H and O–H groups in total. The number of aromatic nitrogens is 6. The molecular weight excluding hydrogens is 493 g/mol. The topological polar surface area (TPSA) is 87.7 Å². The van der Waals surface area contributed by atoms with Crippen molar-refractivity contribution in [2.75, 3.05) is 26.2 Å². The molecule has 9 heteroatoms. The Morgan fingerprint density at radius 3 is 2.67 bits per heavy atom. The molecule has 0 bridgehead atoms. The summed E-state index contributed by atoms with van der Waals surface area (Å²) in [6, 6.07) is 13.1. The zero-order valence-corrected chi connectivity index (χ0v) is 21.6. The third-order valence-electron chi connectivity index (χ3n) is 7.46. The minimum Gasteiger partial charge on any atom is -0.492 e. The third-order valence-corrected chi connectivity index (χ3v) is 7.46. The van der Waals surface area contributed by atoms with E-state index in [4.69, 9.17) is 4.74 Å². The highest BCUT2D eigenvalue weighted by atomic mass is 19.1. The maximum absolute atomic E-state index is 14.7. The Hall–Kier alpha value is -4.50. The fourth-order valence-electron chi connectivity index (χ4n) is 5.48. The van der Waals surface area contributed by atoms with Gasteiger partial charge in [0.25, 0.3) is 0 Å². The number of ether oxygens (including phenoxy) is 1. The van der Waals surface area contributed by atoms with Crippen LogP contribution in [0.25, 0.3) is 55.4 Å². The average Bonchev–Trinajstić information content (AvgIpc) is 3.74. The van der Waals surface area contributed by atoms with Gasteiger partial charge < -0.3 is 9.72 Å². The van der Waals surface area contributed by atoms with Crippen molar-refractivity contribution in [2.24, 2.45) is 7.05 Å². The molecule has 1 aliphatic heterocycles. The number of fused-ring (bicyclic) bond motifs is 2. The molecule has 2 aromatic carbocycles. The third kappa shape index (κ3) is 4.55. The molecule has 1 saturated heterocycles. The first-order chi connectivity index (χ1) is 19.1. The number of likely N-dealkylation sites (tertiary alicyclic amines) is 1. The van der Waals surface area contributed by atoms with Crippen molar-refractivity contribution in [3.8, 4) is 39.4 Å². The fraction of sp³-hybridized carbons (Fsp3) is 0.233. The molecule has 0 aliphatic carbocycles. The highest BCUT2D eigenvalue weighted by Gasteiger charge is 2.16. The van der Waals surface area contributed by atoms with E-state index in [0.717, 1.165) is 75.1 Å². The van der Waals surface area contributed by atoms with Gasteiger partial charge in [-0.3, -0.25) is 19.7 Å². The van der Waals surface area contributed by atoms with Crippen LogP contribution in [0.15, 0.2) is 67.3 Å².